The van der Waals surface area contributed by atoms with Crippen molar-refractivity contribution in [3.63, 3.8) is 0 Å². The van der Waals surface area contributed by atoms with Crippen molar-refractivity contribution in [3.05, 3.63) is 29.3 Å². The number of nitrogens with one attached hydrogen (secondary N) is 2. The number of rotatable bonds is 4. The van der Waals surface area contributed by atoms with Crippen molar-refractivity contribution in [3.8, 4) is 5.75 Å². The highest BCUT2D eigenvalue weighted by Crippen LogP contribution is 2.47. The number of hydrogen-bond donors (Lipinski definition) is 2. The van der Waals surface area contributed by atoms with Crippen LogP contribution in [0.15, 0.2) is 24.3 Å². The number of nitrogens with zero attached hydrogens (tertiary/aromatic N) is 1. The second-order valence-electron chi connectivity index (χ2n) is 6.02. The predicted molar refractivity (Wildman–Crippen MR) is 94.0 cm³/mol. The van der Waals surface area contributed by atoms with Gasteiger partial charge < -0.3 is 9.64 Å². The highest BCUT2D eigenvalue weighted by atomic mass is 35.5. The molecule has 7 nitrogen and oxygen atoms in total. The summed E-state index contributed by atoms with van der Waals surface area (Å²) in [7, 11) is 0. The Bertz CT molecular complexity index is 716. The van der Waals surface area contributed by atoms with Crippen LogP contribution in [0.5, 0.6) is 5.75 Å². The standard InChI is InChI=1S/C16H18ClN3O4S/c1-16-7-6-14(22)20(16)11(9-25-16)15(23)19-18-13(21)8-24-12-5-3-2-4-10(12)17/h2-5,11H,6-9H2,1H3,(H,18,21)(H,19,23)/t11-,16+/m1/s1. The lowest BCUT2D eigenvalue weighted by Crippen LogP contribution is -2.54. The highest BCUT2D eigenvalue weighted by Gasteiger charge is 2.52. The van der Waals surface area contributed by atoms with Crippen molar-refractivity contribution in [2.24, 2.45) is 0 Å². The maximum atomic E-state index is 12.3. The molecule has 2 fully saturated rings. The molecule has 2 aliphatic rings. The summed E-state index contributed by atoms with van der Waals surface area (Å²) >= 11 is 7.52. The van der Waals surface area contributed by atoms with E-state index in [4.69, 9.17) is 16.3 Å². The minimum atomic E-state index is -0.574. The Hall–Kier alpha value is -1.93. The fourth-order valence-corrected chi connectivity index (χ4v) is 4.59. The number of carbonyl (C=O) groups excluding carboxylic acids is 3. The van der Waals surface area contributed by atoms with Crippen LogP contribution in [0.4, 0.5) is 0 Å². The first kappa shape index (κ1) is 17.9. The zero-order valence-electron chi connectivity index (χ0n) is 13.6. The molecular formula is C16H18ClN3O4S. The largest absolute Gasteiger partial charge is 0.482 e. The zero-order chi connectivity index (χ0) is 18.0. The molecular weight excluding hydrogens is 366 g/mol. The van der Waals surface area contributed by atoms with E-state index in [9.17, 15) is 14.4 Å². The molecule has 0 aromatic heterocycles. The molecule has 0 bridgehead atoms. The van der Waals surface area contributed by atoms with Crippen molar-refractivity contribution < 1.29 is 19.1 Å². The van der Waals surface area contributed by atoms with Gasteiger partial charge in [-0.2, -0.15) is 0 Å². The molecule has 2 aliphatic heterocycles. The lowest BCUT2D eigenvalue weighted by Gasteiger charge is -2.29. The van der Waals surface area contributed by atoms with Crippen molar-refractivity contribution in [1.82, 2.24) is 15.8 Å². The summed E-state index contributed by atoms with van der Waals surface area (Å²) in [6.07, 6.45) is 1.18. The summed E-state index contributed by atoms with van der Waals surface area (Å²) in [5.41, 5.74) is 4.67. The number of fused-ring (bicyclic) bond motifs is 1. The van der Waals surface area contributed by atoms with E-state index in [0.717, 1.165) is 6.42 Å². The minimum absolute atomic E-state index is 0.0268. The zero-order valence-corrected chi connectivity index (χ0v) is 15.2. The lowest BCUT2D eigenvalue weighted by atomic mass is 10.2. The van der Waals surface area contributed by atoms with Crippen LogP contribution in [0.1, 0.15) is 19.8 Å². The molecule has 0 aliphatic carbocycles. The van der Waals surface area contributed by atoms with Crippen LogP contribution in [0, 0.1) is 0 Å². The van der Waals surface area contributed by atoms with Gasteiger partial charge in [-0.25, -0.2) is 0 Å². The average Bonchev–Trinajstić information content (AvgIpc) is 3.08. The molecule has 2 heterocycles. The molecule has 134 valence electrons. The first-order valence-electron chi connectivity index (χ1n) is 7.83. The second kappa shape index (κ2) is 7.13. The third kappa shape index (κ3) is 3.69. The van der Waals surface area contributed by atoms with Gasteiger partial charge in [0, 0.05) is 12.2 Å². The number of ether oxygens (including phenoxy) is 1. The van der Waals surface area contributed by atoms with Gasteiger partial charge in [0.2, 0.25) is 5.91 Å². The Kier molecular flexibility index (Phi) is 5.10. The Balaban J connectivity index is 1.48. The summed E-state index contributed by atoms with van der Waals surface area (Å²) in [5.74, 6) is -0.0515. The number of thioether (sulfide) groups is 1. The Morgan fingerprint density at radius 3 is 2.92 bits per heavy atom. The fraction of sp³-hybridized carbons (Fsp3) is 0.438. The molecule has 3 rings (SSSR count). The minimum Gasteiger partial charge on any atom is -0.482 e. The molecule has 25 heavy (non-hydrogen) atoms. The number of benzene rings is 1. The van der Waals surface area contributed by atoms with Gasteiger partial charge in [0.25, 0.3) is 11.8 Å². The number of carbonyl (C=O) groups is 3. The first-order valence-corrected chi connectivity index (χ1v) is 9.19. The summed E-state index contributed by atoms with van der Waals surface area (Å²) in [4.78, 5) is 37.5. The molecule has 0 radical (unpaired) electrons. The first-order chi connectivity index (χ1) is 11.9. The molecule has 0 saturated carbocycles. The Labute approximate surface area is 154 Å². The molecule has 3 amide bonds. The molecule has 1 aromatic rings. The van der Waals surface area contributed by atoms with E-state index in [0.29, 0.717) is 22.9 Å². The molecule has 2 N–H and O–H groups in total. The van der Waals surface area contributed by atoms with E-state index >= 15 is 0 Å². The van der Waals surface area contributed by atoms with Crippen molar-refractivity contribution in [2.45, 2.75) is 30.7 Å². The van der Waals surface area contributed by atoms with Gasteiger partial charge in [0.05, 0.1) is 9.89 Å². The summed E-state index contributed by atoms with van der Waals surface area (Å²) < 4.78 is 5.29. The van der Waals surface area contributed by atoms with E-state index < -0.39 is 17.9 Å². The van der Waals surface area contributed by atoms with Gasteiger partial charge in [0.1, 0.15) is 11.8 Å². The van der Waals surface area contributed by atoms with Gasteiger partial charge >= 0.3 is 0 Å². The van der Waals surface area contributed by atoms with E-state index in [1.54, 1.807) is 40.9 Å². The van der Waals surface area contributed by atoms with Crippen LogP contribution in [0.2, 0.25) is 5.02 Å². The van der Waals surface area contributed by atoms with Crippen LogP contribution in [0.25, 0.3) is 0 Å². The third-order valence-corrected chi connectivity index (χ3v) is 6.09. The molecule has 0 unspecified atom stereocenters. The summed E-state index contributed by atoms with van der Waals surface area (Å²) in [6.45, 7) is 1.68. The average molecular weight is 384 g/mol. The second-order valence-corrected chi connectivity index (χ2v) is 7.93. The smallest absolute Gasteiger partial charge is 0.276 e. The van der Waals surface area contributed by atoms with Crippen LogP contribution in [-0.4, -0.2) is 45.9 Å². The number of hydrazine groups is 1. The van der Waals surface area contributed by atoms with Crippen LogP contribution < -0.4 is 15.6 Å². The molecule has 2 saturated heterocycles. The SMILES string of the molecule is C[C@]12CCC(=O)N1[C@@H](C(=O)NNC(=O)COc1ccccc1Cl)CS2. The normalized spacial score (nSPS) is 24.8. The fourth-order valence-electron chi connectivity index (χ4n) is 2.97. The molecule has 9 heteroatoms. The quantitative estimate of drug-likeness (QED) is 0.766. The summed E-state index contributed by atoms with van der Waals surface area (Å²) in [5, 5.41) is 0.397. The number of halogens is 1. The third-order valence-electron chi connectivity index (χ3n) is 4.27. The topological polar surface area (TPSA) is 87.7 Å². The van der Waals surface area contributed by atoms with Crippen LogP contribution in [-0.2, 0) is 14.4 Å². The lowest BCUT2D eigenvalue weighted by molar-refractivity contribution is -0.139. The predicted octanol–water partition coefficient (Wildman–Crippen LogP) is 1.32. The highest BCUT2D eigenvalue weighted by molar-refractivity contribution is 8.01. The van der Waals surface area contributed by atoms with Crippen LogP contribution in [0.3, 0.4) is 0 Å². The number of para-hydroxylation sites is 1. The van der Waals surface area contributed by atoms with Gasteiger partial charge in [-0.15, -0.1) is 11.8 Å². The molecule has 1 aromatic carbocycles. The number of hydrogen-bond acceptors (Lipinski definition) is 5. The van der Waals surface area contributed by atoms with Gasteiger partial charge in [-0.05, 0) is 25.5 Å². The Morgan fingerprint density at radius 2 is 2.16 bits per heavy atom. The van der Waals surface area contributed by atoms with E-state index in [2.05, 4.69) is 10.9 Å². The van der Waals surface area contributed by atoms with E-state index in [1.165, 1.54) is 0 Å². The van der Waals surface area contributed by atoms with E-state index in [-0.39, 0.29) is 17.4 Å². The van der Waals surface area contributed by atoms with Crippen LogP contribution >= 0.6 is 23.4 Å². The van der Waals surface area contributed by atoms with Crippen molar-refractivity contribution in [2.75, 3.05) is 12.4 Å². The van der Waals surface area contributed by atoms with Crippen molar-refractivity contribution >= 4 is 41.1 Å². The van der Waals surface area contributed by atoms with Gasteiger partial charge in [-0.1, -0.05) is 23.7 Å². The number of amides is 3. The van der Waals surface area contributed by atoms with Gasteiger partial charge in [-0.3, -0.25) is 25.2 Å². The van der Waals surface area contributed by atoms with Gasteiger partial charge in [0.15, 0.2) is 6.61 Å². The maximum Gasteiger partial charge on any atom is 0.276 e. The monoisotopic (exact) mass is 383 g/mol. The Morgan fingerprint density at radius 1 is 1.40 bits per heavy atom. The molecule has 2 atom stereocenters. The summed E-state index contributed by atoms with van der Waals surface area (Å²) in [6, 6.07) is 6.21. The molecule has 0 spiro atoms. The van der Waals surface area contributed by atoms with E-state index in [1.807, 2.05) is 6.92 Å². The van der Waals surface area contributed by atoms with Crippen molar-refractivity contribution in [1.29, 1.82) is 0 Å². The maximum absolute atomic E-state index is 12.3.